The van der Waals surface area contributed by atoms with E-state index in [-0.39, 0.29) is 5.60 Å². The maximum Gasteiger partial charge on any atom is 0.0856 e. The maximum atomic E-state index is 6.13. The van der Waals surface area contributed by atoms with Crippen LogP contribution >= 0.6 is 11.3 Å². The number of nitrogens with one attached hydrogen (secondary N) is 1. The van der Waals surface area contributed by atoms with Crippen molar-refractivity contribution in [3.63, 3.8) is 0 Å². The Balaban J connectivity index is 2.18. The molecule has 2 unspecified atom stereocenters. The predicted molar refractivity (Wildman–Crippen MR) is 78.3 cm³/mol. The minimum Gasteiger partial charge on any atom is -0.373 e. The van der Waals surface area contributed by atoms with Crippen LogP contribution in [-0.2, 0) is 4.74 Å². The number of aryl methyl sites for hydroxylation is 1. The van der Waals surface area contributed by atoms with E-state index in [1.165, 1.54) is 22.6 Å². The Morgan fingerprint density at radius 3 is 2.83 bits per heavy atom. The van der Waals surface area contributed by atoms with Gasteiger partial charge in [-0.05, 0) is 58.2 Å². The van der Waals surface area contributed by atoms with Crippen LogP contribution < -0.4 is 5.32 Å². The Morgan fingerprint density at radius 2 is 2.28 bits per heavy atom. The van der Waals surface area contributed by atoms with E-state index < -0.39 is 0 Å². The van der Waals surface area contributed by atoms with E-state index in [0.29, 0.717) is 6.04 Å². The van der Waals surface area contributed by atoms with E-state index in [4.69, 9.17) is 4.74 Å². The second-order valence-corrected chi connectivity index (χ2v) is 6.77. The maximum absolute atomic E-state index is 6.13. The third-order valence-corrected chi connectivity index (χ3v) is 4.82. The van der Waals surface area contributed by atoms with E-state index >= 15 is 0 Å². The smallest absolute Gasteiger partial charge is 0.0856 e. The fraction of sp³-hybridized carbons (Fsp3) is 0.733. The highest BCUT2D eigenvalue weighted by molar-refractivity contribution is 7.12. The molecular formula is C15H25NOS. The minimum atomic E-state index is -0.0370. The van der Waals surface area contributed by atoms with E-state index in [1.807, 2.05) is 11.3 Å². The SMILES string of the molecule is CCCNC(c1ccc(C)s1)C1(C)CCCCO1. The summed E-state index contributed by atoms with van der Waals surface area (Å²) in [5.74, 6) is 0. The van der Waals surface area contributed by atoms with Gasteiger partial charge in [0, 0.05) is 16.4 Å². The lowest BCUT2D eigenvalue weighted by Crippen LogP contribution is -2.45. The summed E-state index contributed by atoms with van der Waals surface area (Å²) >= 11 is 1.90. The van der Waals surface area contributed by atoms with Gasteiger partial charge in [-0.3, -0.25) is 0 Å². The third-order valence-electron chi connectivity index (χ3n) is 3.75. The zero-order valence-corrected chi connectivity index (χ0v) is 12.6. The van der Waals surface area contributed by atoms with Gasteiger partial charge in [0.15, 0.2) is 0 Å². The lowest BCUT2D eigenvalue weighted by molar-refractivity contribution is -0.0890. The van der Waals surface area contributed by atoms with Gasteiger partial charge in [-0.1, -0.05) is 6.92 Å². The van der Waals surface area contributed by atoms with E-state index in [1.54, 1.807) is 0 Å². The monoisotopic (exact) mass is 267 g/mol. The van der Waals surface area contributed by atoms with E-state index in [0.717, 1.165) is 26.0 Å². The van der Waals surface area contributed by atoms with Crippen molar-refractivity contribution in [2.45, 2.75) is 58.1 Å². The zero-order valence-electron chi connectivity index (χ0n) is 11.8. The van der Waals surface area contributed by atoms with Crippen LogP contribution in [0.2, 0.25) is 0 Å². The molecule has 0 saturated carbocycles. The van der Waals surface area contributed by atoms with Crippen LogP contribution in [-0.4, -0.2) is 18.8 Å². The van der Waals surface area contributed by atoms with E-state index in [2.05, 4.69) is 38.2 Å². The van der Waals surface area contributed by atoms with Crippen molar-refractivity contribution in [3.05, 3.63) is 21.9 Å². The summed E-state index contributed by atoms with van der Waals surface area (Å²) in [6.07, 6.45) is 4.81. The fourth-order valence-electron chi connectivity index (χ4n) is 2.70. The van der Waals surface area contributed by atoms with Crippen molar-refractivity contribution in [2.75, 3.05) is 13.2 Å². The normalized spacial score (nSPS) is 26.2. The molecule has 0 radical (unpaired) electrons. The van der Waals surface area contributed by atoms with Gasteiger partial charge in [0.2, 0.25) is 0 Å². The lowest BCUT2D eigenvalue weighted by Gasteiger charge is -2.40. The molecule has 1 N–H and O–H groups in total. The average Bonchev–Trinajstić information content (AvgIpc) is 2.77. The van der Waals surface area contributed by atoms with Crippen LogP contribution in [0.15, 0.2) is 12.1 Å². The highest BCUT2D eigenvalue weighted by atomic mass is 32.1. The molecule has 3 heteroatoms. The Labute approximate surface area is 115 Å². The quantitative estimate of drug-likeness (QED) is 0.869. The van der Waals surface area contributed by atoms with Gasteiger partial charge in [0.05, 0.1) is 11.6 Å². The van der Waals surface area contributed by atoms with Crippen LogP contribution in [0.4, 0.5) is 0 Å². The molecule has 0 amide bonds. The summed E-state index contributed by atoms with van der Waals surface area (Å²) in [4.78, 5) is 2.80. The Morgan fingerprint density at radius 1 is 1.44 bits per heavy atom. The molecule has 1 aliphatic heterocycles. The van der Waals surface area contributed by atoms with Crippen molar-refractivity contribution >= 4 is 11.3 Å². The molecule has 0 spiro atoms. The first-order valence-corrected chi connectivity index (χ1v) is 7.91. The van der Waals surface area contributed by atoms with Crippen LogP contribution in [0.3, 0.4) is 0 Å². The number of thiophene rings is 1. The fourth-order valence-corrected chi connectivity index (χ4v) is 3.79. The summed E-state index contributed by atoms with van der Waals surface area (Å²) < 4.78 is 6.13. The van der Waals surface area contributed by atoms with Crippen LogP contribution in [0.1, 0.15) is 55.3 Å². The highest BCUT2D eigenvalue weighted by Gasteiger charge is 2.38. The lowest BCUT2D eigenvalue weighted by atomic mass is 9.87. The molecule has 0 aromatic carbocycles. The number of ether oxygens (including phenoxy) is 1. The van der Waals surface area contributed by atoms with Gasteiger partial charge >= 0.3 is 0 Å². The van der Waals surface area contributed by atoms with Crippen molar-refractivity contribution in [2.24, 2.45) is 0 Å². The van der Waals surface area contributed by atoms with E-state index in [9.17, 15) is 0 Å². The van der Waals surface area contributed by atoms with Gasteiger partial charge < -0.3 is 10.1 Å². The average molecular weight is 267 g/mol. The molecule has 1 aromatic heterocycles. The summed E-state index contributed by atoms with van der Waals surface area (Å²) in [5.41, 5.74) is -0.0370. The summed E-state index contributed by atoms with van der Waals surface area (Å²) in [7, 11) is 0. The number of rotatable bonds is 5. The van der Waals surface area contributed by atoms with Crippen LogP contribution in [0.5, 0.6) is 0 Å². The molecule has 0 aliphatic carbocycles. The van der Waals surface area contributed by atoms with Crippen LogP contribution in [0, 0.1) is 6.92 Å². The molecule has 2 atom stereocenters. The summed E-state index contributed by atoms with van der Waals surface area (Å²) in [6, 6.07) is 4.82. The second-order valence-electron chi connectivity index (χ2n) is 5.45. The van der Waals surface area contributed by atoms with Gasteiger partial charge in [0.1, 0.15) is 0 Å². The van der Waals surface area contributed by atoms with Gasteiger partial charge in [-0.2, -0.15) is 0 Å². The molecule has 2 rings (SSSR count). The number of hydrogen-bond acceptors (Lipinski definition) is 3. The van der Waals surface area contributed by atoms with Crippen molar-refractivity contribution in [1.29, 1.82) is 0 Å². The minimum absolute atomic E-state index is 0.0370. The molecule has 102 valence electrons. The molecular weight excluding hydrogens is 242 g/mol. The first-order valence-electron chi connectivity index (χ1n) is 7.09. The van der Waals surface area contributed by atoms with Crippen molar-refractivity contribution < 1.29 is 4.74 Å². The second kappa shape index (κ2) is 6.18. The third kappa shape index (κ3) is 3.14. The Bertz CT molecular complexity index is 368. The summed E-state index contributed by atoms with van der Waals surface area (Å²) in [5, 5.41) is 3.69. The topological polar surface area (TPSA) is 21.3 Å². The Hall–Kier alpha value is -0.380. The molecule has 0 bridgehead atoms. The molecule has 1 aromatic rings. The van der Waals surface area contributed by atoms with Gasteiger partial charge in [-0.25, -0.2) is 0 Å². The number of hydrogen-bond donors (Lipinski definition) is 1. The predicted octanol–water partition coefficient (Wildman–Crippen LogP) is 4.06. The van der Waals surface area contributed by atoms with Crippen molar-refractivity contribution in [1.82, 2.24) is 5.32 Å². The first-order chi connectivity index (χ1) is 8.65. The largest absolute Gasteiger partial charge is 0.373 e. The molecule has 1 saturated heterocycles. The van der Waals surface area contributed by atoms with Gasteiger partial charge in [-0.15, -0.1) is 11.3 Å². The van der Waals surface area contributed by atoms with Crippen molar-refractivity contribution in [3.8, 4) is 0 Å². The standard InChI is InChI=1S/C15H25NOS/c1-4-10-16-14(13-8-7-12(2)18-13)15(3)9-5-6-11-17-15/h7-8,14,16H,4-6,9-11H2,1-3H3. The highest BCUT2D eigenvalue weighted by Crippen LogP contribution is 2.39. The first kappa shape index (κ1) is 14.0. The molecule has 1 aliphatic rings. The van der Waals surface area contributed by atoms with Gasteiger partial charge in [0.25, 0.3) is 0 Å². The molecule has 1 fully saturated rings. The molecule has 2 nitrogen and oxygen atoms in total. The molecule has 18 heavy (non-hydrogen) atoms. The Kier molecular flexibility index (Phi) is 4.82. The van der Waals surface area contributed by atoms with Crippen LogP contribution in [0.25, 0.3) is 0 Å². The summed E-state index contributed by atoms with van der Waals surface area (Å²) in [6.45, 7) is 8.63. The zero-order chi connectivity index (χ0) is 13.0. The molecule has 2 heterocycles.